The number of nitrogens with one attached hydrogen (secondary N) is 1. The Bertz CT molecular complexity index is 895. The third kappa shape index (κ3) is 3.85. The van der Waals surface area contributed by atoms with Crippen molar-refractivity contribution in [2.45, 2.75) is 33.6 Å². The maximum Gasteiger partial charge on any atom is 0.259 e. The van der Waals surface area contributed by atoms with Gasteiger partial charge in [-0.25, -0.2) is 0 Å². The van der Waals surface area contributed by atoms with Crippen molar-refractivity contribution < 1.29 is 13.9 Å². The molecule has 0 atom stereocenters. The van der Waals surface area contributed by atoms with E-state index in [0.29, 0.717) is 23.5 Å². The van der Waals surface area contributed by atoms with E-state index in [1.807, 2.05) is 56.3 Å². The fraction of sp³-hybridized carbons (Fsp3) is 0.286. The van der Waals surface area contributed by atoms with Gasteiger partial charge in [0.1, 0.15) is 17.1 Å². The van der Waals surface area contributed by atoms with Gasteiger partial charge >= 0.3 is 0 Å². The van der Waals surface area contributed by atoms with Gasteiger partial charge in [0, 0.05) is 11.1 Å². The molecular weight excluding hydrogens is 314 g/mol. The molecule has 1 heterocycles. The van der Waals surface area contributed by atoms with Crippen molar-refractivity contribution in [3.63, 3.8) is 0 Å². The molecular formula is C21H23NO3. The maximum atomic E-state index is 12.8. The van der Waals surface area contributed by atoms with Gasteiger partial charge < -0.3 is 14.5 Å². The highest BCUT2D eigenvalue weighted by molar-refractivity contribution is 6.13. The number of hydrogen-bond acceptors (Lipinski definition) is 3. The Morgan fingerprint density at radius 3 is 2.76 bits per heavy atom. The summed E-state index contributed by atoms with van der Waals surface area (Å²) in [5.74, 6) is 1.18. The van der Waals surface area contributed by atoms with E-state index in [9.17, 15) is 4.79 Å². The van der Waals surface area contributed by atoms with Crippen molar-refractivity contribution in [2.24, 2.45) is 0 Å². The molecule has 4 nitrogen and oxygen atoms in total. The van der Waals surface area contributed by atoms with Crippen molar-refractivity contribution in [2.75, 3.05) is 11.9 Å². The molecule has 3 aromatic rings. The van der Waals surface area contributed by atoms with E-state index < -0.39 is 0 Å². The number of benzene rings is 2. The number of unbranched alkanes of at least 4 members (excludes halogenated alkanes) is 1. The lowest BCUT2D eigenvalue weighted by Gasteiger charge is -2.07. The molecule has 3 rings (SSSR count). The summed E-state index contributed by atoms with van der Waals surface area (Å²) in [6.07, 6.45) is 2.08. The number of aryl methyl sites for hydroxylation is 2. The van der Waals surface area contributed by atoms with Gasteiger partial charge in [-0.15, -0.1) is 0 Å². The average molecular weight is 337 g/mol. The smallest absolute Gasteiger partial charge is 0.259 e. The number of fused-ring (bicyclic) bond motifs is 1. The molecule has 25 heavy (non-hydrogen) atoms. The van der Waals surface area contributed by atoms with Gasteiger partial charge in [0.15, 0.2) is 0 Å². The first-order valence-corrected chi connectivity index (χ1v) is 8.62. The first kappa shape index (κ1) is 17.1. The maximum absolute atomic E-state index is 12.8. The van der Waals surface area contributed by atoms with Crippen molar-refractivity contribution >= 4 is 22.6 Å². The lowest BCUT2D eigenvalue weighted by Crippen LogP contribution is -2.12. The van der Waals surface area contributed by atoms with Crippen molar-refractivity contribution in [3.05, 3.63) is 59.4 Å². The van der Waals surface area contributed by atoms with E-state index in [4.69, 9.17) is 9.15 Å². The summed E-state index contributed by atoms with van der Waals surface area (Å²) in [5, 5.41) is 3.72. The van der Waals surface area contributed by atoms with E-state index in [1.165, 1.54) is 0 Å². The Balaban J connectivity index is 1.89. The monoisotopic (exact) mass is 337 g/mol. The number of hydrogen-bond donors (Lipinski definition) is 1. The second kappa shape index (κ2) is 7.43. The number of ether oxygens (including phenoxy) is 1. The molecule has 0 aliphatic rings. The summed E-state index contributed by atoms with van der Waals surface area (Å²) < 4.78 is 11.5. The van der Waals surface area contributed by atoms with Crippen molar-refractivity contribution in [1.29, 1.82) is 0 Å². The van der Waals surface area contributed by atoms with Crippen LogP contribution in [0.5, 0.6) is 5.75 Å². The summed E-state index contributed by atoms with van der Waals surface area (Å²) in [5.41, 5.74) is 3.11. The van der Waals surface area contributed by atoms with Gasteiger partial charge in [-0.2, -0.15) is 0 Å². The van der Waals surface area contributed by atoms with Crippen molar-refractivity contribution in [3.8, 4) is 5.75 Å². The van der Waals surface area contributed by atoms with Crippen LogP contribution in [-0.4, -0.2) is 12.5 Å². The molecule has 1 amide bonds. The Labute approximate surface area is 147 Å². The van der Waals surface area contributed by atoms with Crippen LogP contribution >= 0.6 is 0 Å². The molecule has 0 unspecified atom stereocenters. The largest absolute Gasteiger partial charge is 0.494 e. The highest BCUT2D eigenvalue weighted by Gasteiger charge is 2.19. The normalized spacial score (nSPS) is 10.8. The minimum absolute atomic E-state index is 0.174. The first-order chi connectivity index (χ1) is 12.1. The number of rotatable bonds is 6. The zero-order chi connectivity index (χ0) is 17.8. The van der Waals surface area contributed by atoms with Crippen LogP contribution in [0.15, 0.2) is 46.9 Å². The molecule has 1 aromatic heterocycles. The minimum Gasteiger partial charge on any atom is -0.494 e. The number of amides is 1. The molecule has 2 aromatic carbocycles. The lowest BCUT2D eigenvalue weighted by atomic mass is 10.1. The molecule has 1 N–H and O–H groups in total. The molecule has 0 radical (unpaired) electrons. The van der Waals surface area contributed by atoms with E-state index in [2.05, 4.69) is 12.2 Å². The van der Waals surface area contributed by atoms with E-state index >= 15 is 0 Å². The Morgan fingerprint density at radius 2 is 2.00 bits per heavy atom. The molecule has 130 valence electrons. The number of carbonyl (C=O) groups is 1. The summed E-state index contributed by atoms with van der Waals surface area (Å²) in [6.45, 7) is 6.60. The van der Waals surface area contributed by atoms with Crippen molar-refractivity contribution in [1.82, 2.24) is 0 Å². The van der Waals surface area contributed by atoms with Gasteiger partial charge in [-0.1, -0.05) is 25.5 Å². The molecule has 0 saturated carbocycles. The highest BCUT2D eigenvalue weighted by Crippen LogP contribution is 2.30. The third-order valence-electron chi connectivity index (χ3n) is 4.11. The lowest BCUT2D eigenvalue weighted by molar-refractivity contribution is 0.102. The van der Waals surface area contributed by atoms with Gasteiger partial charge in [-0.3, -0.25) is 4.79 Å². The summed E-state index contributed by atoms with van der Waals surface area (Å²) in [6, 6.07) is 13.3. The Hall–Kier alpha value is -2.75. The Kier molecular flexibility index (Phi) is 5.08. The minimum atomic E-state index is -0.174. The zero-order valence-corrected chi connectivity index (χ0v) is 14.9. The van der Waals surface area contributed by atoms with Gasteiger partial charge in [0.05, 0.1) is 12.2 Å². The van der Waals surface area contributed by atoms with Crippen LogP contribution in [0.3, 0.4) is 0 Å². The van der Waals surface area contributed by atoms with Crippen LogP contribution in [0.25, 0.3) is 11.0 Å². The zero-order valence-electron chi connectivity index (χ0n) is 14.9. The molecule has 0 bridgehead atoms. The van der Waals surface area contributed by atoms with Gasteiger partial charge in [0.25, 0.3) is 5.91 Å². The second-order valence-electron chi connectivity index (χ2n) is 6.22. The predicted molar refractivity (Wildman–Crippen MR) is 100 cm³/mol. The SMILES string of the molecule is CCCCOc1ccc2oc(C)c(C(=O)Nc3cccc(C)c3)c2c1. The quantitative estimate of drug-likeness (QED) is 0.606. The summed E-state index contributed by atoms with van der Waals surface area (Å²) in [4.78, 5) is 12.8. The first-order valence-electron chi connectivity index (χ1n) is 8.62. The van der Waals surface area contributed by atoms with E-state index in [0.717, 1.165) is 35.2 Å². The van der Waals surface area contributed by atoms with Gasteiger partial charge in [0.2, 0.25) is 0 Å². The standard InChI is InChI=1S/C21H23NO3/c1-4-5-11-24-17-9-10-19-18(13-17)20(15(3)25-19)21(23)22-16-8-6-7-14(2)12-16/h6-10,12-13H,4-5,11H2,1-3H3,(H,22,23). The highest BCUT2D eigenvalue weighted by atomic mass is 16.5. The number of anilines is 1. The van der Waals surface area contributed by atoms with Crippen LogP contribution in [-0.2, 0) is 0 Å². The molecule has 0 fully saturated rings. The molecule has 0 spiro atoms. The summed E-state index contributed by atoms with van der Waals surface area (Å²) in [7, 11) is 0. The topological polar surface area (TPSA) is 51.5 Å². The second-order valence-corrected chi connectivity index (χ2v) is 6.22. The van der Waals surface area contributed by atoms with Gasteiger partial charge in [-0.05, 0) is 56.2 Å². The molecule has 0 aliphatic carbocycles. The van der Waals surface area contributed by atoms with Crippen LogP contribution in [0, 0.1) is 13.8 Å². The molecule has 4 heteroatoms. The number of carbonyl (C=O) groups excluding carboxylic acids is 1. The Morgan fingerprint density at radius 1 is 1.16 bits per heavy atom. The molecule has 0 aliphatic heterocycles. The third-order valence-corrected chi connectivity index (χ3v) is 4.11. The van der Waals surface area contributed by atoms with Crippen LogP contribution < -0.4 is 10.1 Å². The fourth-order valence-electron chi connectivity index (χ4n) is 2.82. The summed E-state index contributed by atoms with van der Waals surface area (Å²) >= 11 is 0. The van der Waals surface area contributed by atoms with Crippen LogP contribution in [0.2, 0.25) is 0 Å². The van der Waals surface area contributed by atoms with E-state index in [1.54, 1.807) is 0 Å². The van der Waals surface area contributed by atoms with Crippen LogP contribution in [0.4, 0.5) is 5.69 Å². The van der Waals surface area contributed by atoms with Crippen LogP contribution in [0.1, 0.15) is 41.4 Å². The average Bonchev–Trinajstić information content (AvgIpc) is 2.90. The number of furan rings is 1. The predicted octanol–water partition coefficient (Wildman–Crippen LogP) is 5.48. The van der Waals surface area contributed by atoms with E-state index in [-0.39, 0.29) is 5.91 Å². The molecule has 0 saturated heterocycles. The fourth-order valence-corrected chi connectivity index (χ4v) is 2.82.